The van der Waals surface area contributed by atoms with Crippen molar-refractivity contribution in [2.45, 2.75) is 20.0 Å². The van der Waals surface area contributed by atoms with E-state index >= 15 is 0 Å². The van der Waals surface area contributed by atoms with Crippen molar-refractivity contribution in [1.29, 1.82) is 0 Å². The number of aromatic nitrogens is 2. The summed E-state index contributed by atoms with van der Waals surface area (Å²) in [7, 11) is 0. The van der Waals surface area contributed by atoms with Crippen LogP contribution in [0.3, 0.4) is 0 Å². The summed E-state index contributed by atoms with van der Waals surface area (Å²) in [6, 6.07) is 7.34. The van der Waals surface area contributed by atoms with Crippen LogP contribution in [0.25, 0.3) is 0 Å². The number of imidazole rings is 1. The van der Waals surface area contributed by atoms with Crippen molar-refractivity contribution in [3.05, 3.63) is 51.6 Å². The molecule has 0 aliphatic carbocycles. The first-order valence-electron chi connectivity index (χ1n) is 5.91. The highest BCUT2D eigenvalue weighted by atomic mass is 79.9. The molecule has 0 saturated heterocycles. The number of hydrogen-bond acceptors (Lipinski definition) is 2. The van der Waals surface area contributed by atoms with Gasteiger partial charge in [0.2, 0.25) is 5.91 Å². The van der Waals surface area contributed by atoms with E-state index in [-0.39, 0.29) is 18.1 Å². The largest absolute Gasteiger partial charge is 0.328 e. The molecule has 5 nitrogen and oxygen atoms in total. The third-order valence-electron chi connectivity index (χ3n) is 2.72. The summed E-state index contributed by atoms with van der Waals surface area (Å²) in [4.78, 5) is 23.7. The number of nitrogens with zero attached hydrogens (tertiary/aromatic N) is 2. The topological polar surface area (TPSA) is 56.0 Å². The second-order valence-electron chi connectivity index (χ2n) is 4.02. The van der Waals surface area contributed by atoms with Crippen LogP contribution in [0, 0.1) is 0 Å². The Morgan fingerprint density at radius 2 is 1.95 bits per heavy atom. The Bertz CT molecular complexity index is 645. The molecule has 1 amide bonds. The Morgan fingerprint density at radius 1 is 1.26 bits per heavy atom. The molecule has 0 saturated carbocycles. The lowest BCUT2D eigenvalue weighted by Gasteiger charge is -2.07. The Kier molecular flexibility index (Phi) is 4.21. The molecule has 0 spiro atoms. The Hall–Kier alpha value is -1.82. The number of hydrogen-bond donors (Lipinski definition) is 1. The summed E-state index contributed by atoms with van der Waals surface area (Å²) < 4.78 is 3.74. The molecule has 2 aromatic rings. The van der Waals surface area contributed by atoms with E-state index in [0.29, 0.717) is 12.2 Å². The van der Waals surface area contributed by atoms with E-state index in [9.17, 15) is 9.59 Å². The summed E-state index contributed by atoms with van der Waals surface area (Å²) >= 11 is 3.35. The Balaban J connectivity index is 2.08. The Morgan fingerprint density at radius 3 is 2.58 bits per heavy atom. The highest BCUT2D eigenvalue weighted by molar-refractivity contribution is 9.10. The lowest BCUT2D eigenvalue weighted by molar-refractivity contribution is -0.116. The molecule has 1 N–H and O–H groups in total. The van der Waals surface area contributed by atoms with Gasteiger partial charge in [0.1, 0.15) is 6.54 Å². The van der Waals surface area contributed by atoms with Crippen molar-refractivity contribution in [2.24, 2.45) is 0 Å². The number of carbonyl (C=O) groups excluding carboxylic acids is 1. The fourth-order valence-electron chi connectivity index (χ4n) is 1.72. The van der Waals surface area contributed by atoms with Crippen molar-refractivity contribution in [3.8, 4) is 0 Å². The highest BCUT2D eigenvalue weighted by Crippen LogP contribution is 2.20. The van der Waals surface area contributed by atoms with E-state index in [0.717, 1.165) is 4.47 Å². The number of rotatable bonds is 4. The molecule has 1 aromatic heterocycles. The first-order valence-corrected chi connectivity index (χ1v) is 6.71. The fraction of sp³-hybridized carbons (Fsp3) is 0.231. The van der Waals surface area contributed by atoms with Crippen molar-refractivity contribution in [3.63, 3.8) is 0 Å². The lowest BCUT2D eigenvalue weighted by Crippen LogP contribution is -2.28. The number of aryl methyl sites for hydroxylation is 1. The molecule has 0 aliphatic heterocycles. The van der Waals surface area contributed by atoms with Crippen LogP contribution in [0.2, 0.25) is 0 Å². The van der Waals surface area contributed by atoms with Gasteiger partial charge in [-0.3, -0.25) is 13.9 Å². The molecule has 19 heavy (non-hydrogen) atoms. The maximum Gasteiger partial charge on any atom is 0.328 e. The van der Waals surface area contributed by atoms with Crippen LogP contribution in [0.4, 0.5) is 5.69 Å². The normalized spacial score (nSPS) is 10.4. The van der Waals surface area contributed by atoms with Gasteiger partial charge in [0.15, 0.2) is 0 Å². The Labute approximate surface area is 119 Å². The minimum atomic E-state index is -0.233. The van der Waals surface area contributed by atoms with Crippen molar-refractivity contribution in [1.82, 2.24) is 9.13 Å². The zero-order chi connectivity index (χ0) is 13.8. The first kappa shape index (κ1) is 13.6. The van der Waals surface area contributed by atoms with Crippen LogP contribution in [0.5, 0.6) is 0 Å². The van der Waals surface area contributed by atoms with Gasteiger partial charge in [0.05, 0.1) is 5.69 Å². The van der Waals surface area contributed by atoms with E-state index in [2.05, 4.69) is 21.2 Å². The van der Waals surface area contributed by atoms with Gasteiger partial charge in [0.25, 0.3) is 0 Å². The number of benzene rings is 1. The average molecular weight is 324 g/mol. The molecule has 6 heteroatoms. The maximum absolute atomic E-state index is 11.9. The molecule has 0 atom stereocenters. The molecular weight excluding hydrogens is 310 g/mol. The van der Waals surface area contributed by atoms with E-state index in [1.165, 1.54) is 4.57 Å². The van der Waals surface area contributed by atoms with Gasteiger partial charge in [-0.2, -0.15) is 0 Å². The summed E-state index contributed by atoms with van der Waals surface area (Å²) in [6.45, 7) is 2.48. The molecule has 0 fully saturated rings. The van der Waals surface area contributed by atoms with E-state index in [1.54, 1.807) is 23.0 Å². The second-order valence-corrected chi connectivity index (χ2v) is 4.88. The van der Waals surface area contributed by atoms with Gasteiger partial charge >= 0.3 is 5.69 Å². The fourth-order valence-corrected chi connectivity index (χ4v) is 2.11. The van der Waals surface area contributed by atoms with Gasteiger partial charge in [-0.25, -0.2) is 4.79 Å². The SMILES string of the molecule is CCn1ccn(CC(=O)Nc2ccccc2Br)c1=O. The van der Waals surface area contributed by atoms with Crippen LogP contribution >= 0.6 is 15.9 Å². The molecule has 1 heterocycles. The van der Waals surface area contributed by atoms with Gasteiger partial charge in [0, 0.05) is 23.4 Å². The minimum absolute atomic E-state index is 0.00711. The van der Waals surface area contributed by atoms with Gasteiger partial charge in [-0.1, -0.05) is 12.1 Å². The molecule has 2 rings (SSSR count). The van der Waals surface area contributed by atoms with Crippen molar-refractivity contribution >= 4 is 27.5 Å². The first-order chi connectivity index (χ1) is 9.11. The van der Waals surface area contributed by atoms with Crippen LogP contribution in [-0.2, 0) is 17.9 Å². The monoisotopic (exact) mass is 323 g/mol. The van der Waals surface area contributed by atoms with Crippen molar-refractivity contribution < 1.29 is 4.79 Å². The van der Waals surface area contributed by atoms with E-state index < -0.39 is 0 Å². The van der Waals surface area contributed by atoms with Gasteiger partial charge in [-0.15, -0.1) is 0 Å². The molecule has 100 valence electrons. The smallest absolute Gasteiger partial charge is 0.324 e. The highest BCUT2D eigenvalue weighted by Gasteiger charge is 2.08. The predicted molar refractivity (Wildman–Crippen MR) is 77.1 cm³/mol. The summed E-state index contributed by atoms with van der Waals surface area (Å²) in [5.41, 5.74) is 0.514. The second kappa shape index (κ2) is 5.88. The molecule has 0 aliphatic rings. The summed E-state index contributed by atoms with van der Waals surface area (Å²) in [5, 5.41) is 2.76. The van der Waals surface area contributed by atoms with E-state index in [4.69, 9.17) is 0 Å². The zero-order valence-electron chi connectivity index (χ0n) is 10.5. The molecule has 0 bridgehead atoms. The third kappa shape index (κ3) is 3.14. The molecule has 0 radical (unpaired) electrons. The summed E-state index contributed by atoms with van der Waals surface area (Å²) in [5.74, 6) is -0.233. The molecule has 0 unspecified atom stereocenters. The quantitative estimate of drug-likeness (QED) is 0.936. The number of anilines is 1. The van der Waals surface area contributed by atoms with Crippen molar-refractivity contribution in [2.75, 3.05) is 5.32 Å². The average Bonchev–Trinajstić information content (AvgIpc) is 2.73. The predicted octanol–water partition coefficient (Wildman–Crippen LogP) is 2.07. The van der Waals surface area contributed by atoms with Gasteiger partial charge in [-0.05, 0) is 35.0 Å². The summed E-state index contributed by atoms with van der Waals surface area (Å²) in [6.07, 6.45) is 3.29. The minimum Gasteiger partial charge on any atom is -0.324 e. The number of nitrogens with one attached hydrogen (secondary N) is 1. The van der Waals surface area contributed by atoms with E-state index in [1.807, 2.05) is 25.1 Å². The third-order valence-corrected chi connectivity index (χ3v) is 3.41. The number of para-hydroxylation sites is 1. The standard InChI is InChI=1S/C13H14BrN3O2/c1-2-16-7-8-17(13(16)19)9-12(18)15-11-6-4-3-5-10(11)14/h3-8H,2,9H2,1H3,(H,15,18). The van der Waals surface area contributed by atoms with Crippen LogP contribution in [-0.4, -0.2) is 15.0 Å². The number of amides is 1. The maximum atomic E-state index is 11.9. The number of carbonyl (C=O) groups is 1. The zero-order valence-corrected chi connectivity index (χ0v) is 12.1. The number of halogens is 1. The lowest BCUT2D eigenvalue weighted by atomic mass is 10.3. The van der Waals surface area contributed by atoms with Crippen LogP contribution in [0.1, 0.15) is 6.92 Å². The van der Waals surface area contributed by atoms with Crippen LogP contribution in [0.15, 0.2) is 45.9 Å². The van der Waals surface area contributed by atoms with Gasteiger partial charge < -0.3 is 5.32 Å². The molecular formula is C13H14BrN3O2. The molecule has 1 aromatic carbocycles. The van der Waals surface area contributed by atoms with Crippen LogP contribution < -0.4 is 11.0 Å².